The van der Waals surface area contributed by atoms with Gasteiger partial charge in [0, 0.05) is 0 Å². The van der Waals surface area contributed by atoms with Gasteiger partial charge in [-0.1, -0.05) is 36.4 Å². The summed E-state index contributed by atoms with van der Waals surface area (Å²) in [5.41, 5.74) is 2.02. The molecule has 0 heterocycles. The van der Waals surface area contributed by atoms with Crippen LogP contribution in [-0.4, -0.2) is 0 Å². The van der Waals surface area contributed by atoms with Crippen LogP contribution in [-0.2, 0) is 11.7 Å². The summed E-state index contributed by atoms with van der Waals surface area (Å²) in [4.78, 5) is 0. The first kappa shape index (κ1) is 8.27. The van der Waals surface area contributed by atoms with Crippen LogP contribution in [0.15, 0.2) is 36.4 Å². The summed E-state index contributed by atoms with van der Waals surface area (Å²) in [6.07, 6.45) is 0. The molecule has 0 aliphatic carbocycles. The Hall–Kier alpha value is -1.34. The third kappa shape index (κ3) is 1.31. The molecule has 0 aromatic heterocycles. The molecule has 2 rings (SSSR count). The van der Waals surface area contributed by atoms with Crippen molar-refractivity contribution in [2.24, 2.45) is 0 Å². The van der Waals surface area contributed by atoms with E-state index < -0.39 is 0 Å². The van der Waals surface area contributed by atoms with E-state index in [9.17, 15) is 5.11 Å². The van der Waals surface area contributed by atoms with E-state index in [2.05, 4.69) is 6.07 Å². The van der Waals surface area contributed by atoms with Gasteiger partial charge in [0.25, 0.3) is 0 Å². The van der Waals surface area contributed by atoms with E-state index in [1.165, 1.54) is 0 Å². The highest BCUT2D eigenvalue weighted by Gasteiger charge is 2.02. The monoisotopic (exact) mass is 171 g/mol. The maximum atomic E-state index is 11.0. The standard InChI is InChI=1S/C12H11O/c1-9-6-7-10-4-2-3-5-11(10)12(9)8-13/h2-7H,8H2,1H3. The molecule has 0 aliphatic heterocycles. The molecule has 2 aromatic carbocycles. The summed E-state index contributed by atoms with van der Waals surface area (Å²) in [6.45, 7) is 1.85. The van der Waals surface area contributed by atoms with E-state index in [-0.39, 0.29) is 6.61 Å². The molecule has 0 spiro atoms. The molecule has 0 atom stereocenters. The van der Waals surface area contributed by atoms with E-state index in [4.69, 9.17) is 0 Å². The summed E-state index contributed by atoms with van der Waals surface area (Å²) in [7, 11) is 0. The maximum absolute atomic E-state index is 11.0. The Morgan fingerprint density at radius 1 is 1.08 bits per heavy atom. The minimum atomic E-state index is -0.132. The van der Waals surface area contributed by atoms with Crippen LogP contribution in [0.1, 0.15) is 11.1 Å². The Kier molecular flexibility index (Phi) is 2.03. The lowest BCUT2D eigenvalue weighted by molar-refractivity contribution is 0.178. The van der Waals surface area contributed by atoms with Gasteiger partial charge in [-0.15, -0.1) is 0 Å². The quantitative estimate of drug-likeness (QED) is 0.628. The van der Waals surface area contributed by atoms with Crippen molar-refractivity contribution < 1.29 is 5.11 Å². The molecule has 65 valence electrons. The predicted octanol–water partition coefficient (Wildman–Crippen LogP) is 3.08. The number of benzene rings is 2. The molecule has 1 radical (unpaired) electrons. The van der Waals surface area contributed by atoms with E-state index in [0.29, 0.717) is 0 Å². The zero-order valence-electron chi connectivity index (χ0n) is 7.58. The van der Waals surface area contributed by atoms with Crippen LogP contribution in [0.4, 0.5) is 0 Å². The van der Waals surface area contributed by atoms with E-state index in [1.54, 1.807) is 0 Å². The van der Waals surface area contributed by atoms with Gasteiger partial charge in [0.2, 0.25) is 0 Å². The van der Waals surface area contributed by atoms with Crippen LogP contribution >= 0.6 is 0 Å². The van der Waals surface area contributed by atoms with Crippen molar-refractivity contribution in [3.05, 3.63) is 47.5 Å². The molecule has 0 unspecified atom stereocenters. The number of hydrogen-bond donors (Lipinski definition) is 0. The fraction of sp³-hybridized carbons (Fsp3) is 0.167. The first-order valence-electron chi connectivity index (χ1n) is 4.38. The maximum Gasteiger partial charge on any atom is 0.108 e. The average Bonchev–Trinajstić information content (AvgIpc) is 2.18. The van der Waals surface area contributed by atoms with Gasteiger partial charge in [-0.2, -0.15) is 0 Å². The second kappa shape index (κ2) is 3.19. The summed E-state index contributed by atoms with van der Waals surface area (Å²) in [5.74, 6) is 0. The minimum absolute atomic E-state index is 0.132. The first-order chi connectivity index (χ1) is 6.33. The fourth-order valence-electron chi connectivity index (χ4n) is 1.64. The van der Waals surface area contributed by atoms with Gasteiger partial charge < -0.3 is 0 Å². The van der Waals surface area contributed by atoms with Crippen LogP contribution in [0.2, 0.25) is 0 Å². The summed E-state index contributed by atoms with van der Waals surface area (Å²) >= 11 is 0. The molecule has 0 saturated carbocycles. The topological polar surface area (TPSA) is 19.9 Å². The fourth-order valence-corrected chi connectivity index (χ4v) is 1.64. The van der Waals surface area contributed by atoms with Crippen molar-refractivity contribution in [3.8, 4) is 0 Å². The Morgan fingerprint density at radius 2 is 1.85 bits per heavy atom. The third-order valence-corrected chi connectivity index (χ3v) is 2.42. The van der Waals surface area contributed by atoms with Crippen molar-refractivity contribution in [1.82, 2.24) is 0 Å². The normalized spacial score (nSPS) is 10.6. The van der Waals surface area contributed by atoms with Gasteiger partial charge in [0.15, 0.2) is 0 Å². The third-order valence-electron chi connectivity index (χ3n) is 2.42. The van der Waals surface area contributed by atoms with Crippen molar-refractivity contribution in [2.45, 2.75) is 13.5 Å². The zero-order valence-corrected chi connectivity index (χ0v) is 7.58. The second-order valence-electron chi connectivity index (χ2n) is 3.23. The molecular formula is C12H11O. The van der Waals surface area contributed by atoms with E-state index in [1.807, 2.05) is 37.3 Å². The summed E-state index contributed by atoms with van der Waals surface area (Å²) < 4.78 is 0. The van der Waals surface area contributed by atoms with Gasteiger partial charge in [0.05, 0.1) is 0 Å². The second-order valence-corrected chi connectivity index (χ2v) is 3.23. The molecule has 13 heavy (non-hydrogen) atoms. The van der Waals surface area contributed by atoms with Crippen LogP contribution in [0.25, 0.3) is 10.8 Å². The van der Waals surface area contributed by atoms with Crippen LogP contribution in [0.3, 0.4) is 0 Å². The SMILES string of the molecule is Cc1ccc2ccccc2c1C[O]. The molecule has 1 nitrogen and oxygen atoms in total. The molecule has 0 bridgehead atoms. The van der Waals surface area contributed by atoms with Gasteiger partial charge in [0.1, 0.15) is 6.61 Å². The van der Waals surface area contributed by atoms with Gasteiger partial charge in [-0.25, -0.2) is 5.11 Å². The number of hydrogen-bond acceptors (Lipinski definition) is 0. The largest absolute Gasteiger partial charge is 0.232 e. The van der Waals surface area contributed by atoms with E-state index >= 15 is 0 Å². The molecule has 0 aliphatic rings. The Bertz CT molecular complexity index is 432. The first-order valence-corrected chi connectivity index (χ1v) is 4.38. The number of rotatable bonds is 1. The Labute approximate surface area is 77.6 Å². The Morgan fingerprint density at radius 3 is 2.62 bits per heavy atom. The lowest BCUT2D eigenvalue weighted by atomic mass is 10.0. The number of fused-ring (bicyclic) bond motifs is 1. The lowest BCUT2D eigenvalue weighted by Crippen LogP contribution is -1.88. The Balaban J connectivity index is 2.84. The molecule has 0 amide bonds. The van der Waals surface area contributed by atoms with Crippen molar-refractivity contribution in [3.63, 3.8) is 0 Å². The zero-order chi connectivity index (χ0) is 9.26. The molecule has 0 fully saturated rings. The molecule has 0 saturated heterocycles. The highest BCUT2D eigenvalue weighted by Crippen LogP contribution is 2.21. The average molecular weight is 171 g/mol. The van der Waals surface area contributed by atoms with Gasteiger partial charge in [-0.3, -0.25) is 0 Å². The molecule has 0 N–H and O–H groups in total. The van der Waals surface area contributed by atoms with Crippen molar-refractivity contribution in [1.29, 1.82) is 0 Å². The van der Waals surface area contributed by atoms with E-state index in [0.717, 1.165) is 21.9 Å². The molecular weight excluding hydrogens is 160 g/mol. The highest BCUT2D eigenvalue weighted by molar-refractivity contribution is 5.86. The minimum Gasteiger partial charge on any atom is -0.232 e. The van der Waals surface area contributed by atoms with Crippen LogP contribution in [0.5, 0.6) is 0 Å². The molecule has 1 heteroatoms. The van der Waals surface area contributed by atoms with Crippen molar-refractivity contribution >= 4 is 10.8 Å². The summed E-state index contributed by atoms with van der Waals surface area (Å²) in [5, 5.41) is 13.2. The molecule has 2 aromatic rings. The lowest BCUT2D eigenvalue weighted by Gasteiger charge is -2.05. The van der Waals surface area contributed by atoms with Gasteiger partial charge >= 0.3 is 0 Å². The van der Waals surface area contributed by atoms with Gasteiger partial charge in [-0.05, 0) is 28.8 Å². The van der Waals surface area contributed by atoms with Crippen LogP contribution < -0.4 is 0 Å². The summed E-state index contributed by atoms with van der Waals surface area (Å²) in [6, 6.07) is 12.1. The van der Waals surface area contributed by atoms with Crippen LogP contribution in [0, 0.1) is 6.92 Å². The smallest absolute Gasteiger partial charge is 0.108 e. The van der Waals surface area contributed by atoms with Crippen molar-refractivity contribution in [2.75, 3.05) is 0 Å². The predicted molar refractivity (Wildman–Crippen MR) is 53.1 cm³/mol. The number of aryl methyl sites for hydroxylation is 1. The highest BCUT2D eigenvalue weighted by atomic mass is 16.3.